The van der Waals surface area contributed by atoms with E-state index in [2.05, 4.69) is 61.5 Å². The van der Waals surface area contributed by atoms with E-state index in [4.69, 9.17) is 10.5 Å². The van der Waals surface area contributed by atoms with Crippen LogP contribution in [0.15, 0.2) is 65.7 Å². The Kier molecular flexibility index (Phi) is 64.2. The zero-order valence-electron chi connectivity index (χ0n) is 56.2. The average molecular weight is 1230 g/mol. The van der Waals surface area contributed by atoms with E-state index in [-0.39, 0.29) is 51.8 Å². The first-order chi connectivity index (χ1) is 41.1. The van der Waals surface area contributed by atoms with Gasteiger partial charge in [-0.05, 0) is 122 Å². The van der Waals surface area contributed by atoms with E-state index in [0.717, 1.165) is 102 Å². The van der Waals surface area contributed by atoms with Crippen molar-refractivity contribution >= 4 is 41.2 Å². The molecule has 0 heterocycles. The summed E-state index contributed by atoms with van der Waals surface area (Å²) in [7, 11) is 0. The fourth-order valence-electron chi connectivity index (χ4n) is 10.4. The number of nitrogens with zero attached hydrogens (tertiary/aromatic N) is 4. The summed E-state index contributed by atoms with van der Waals surface area (Å²) in [4.78, 5) is 78.2. The van der Waals surface area contributed by atoms with E-state index < -0.39 is 0 Å². The number of aliphatic imine (C=N–C) groups is 1. The lowest BCUT2D eigenvalue weighted by atomic mass is 9.85. The van der Waals surface area contributed by atoms with E-state index >= 15 is 0 Å². The first kappa shape index (κ1) is 90.0. The predicted molar refractivity (Wildman–Crippen MR) is 379 cm³/mol. The number of nitrogens with two attached hydrogens (primary N) is 1. The normalized spacial score (nSPS) is 14.0. The second-order valence-corrected chi connectivity index (χ2v) is 23.9. The quantitative estimate of drug-likeness (QED) is 0.0301. The summed E-state index contributed by atoms with van der Waals surface area (Å²) in [6, 6.07) is 20.5. The number of ether oxygens (including phenoxy) is 1. The van der Waals surface area contributed by atoms with Gasteiger partial charge < -0.3 is 29.9 Å². The third kappa shape index (κ3) is 49.4. The van der Waals surface area contributed by atoms with Gasteiger partial charge in [-0.15, -0.1) is 0 Å². The number of unbranched alkanes of at least 4 members (excludes halogenated alkanes) is 6. The second-order valence-electron chi connectivity index (χ2n) is 23.9. The number of carbonyl (C=O) groups is 6. The van der Waals surface area contributed by atoms with Crippen molar-refractivity contribution in [3.8, 4) is 0 Å². The lowest BCUT2D eigenvalue weighted by Gasteiger charge is -2.39. The van der Waals surface area contributed by atoms with Gasteiger partial charge in [0.15, 0.2) is 11.6 Å². The van der Waals surface area contributed by atoms with E-state index in [1.54, 1.807) is 20.8 Å². The Morgan fingerprint density at radius 3 is 1.57 bits per heavy atom. The molecule has 0 saturated heterocycles. The Labute approximate surface area is 542 Å². The van der Waals surface area contributed by atoms with Crippen LogP contribution in [0, 0.1) is 5.92 Å². The topological polar surface area (TPSA) is 160 Å². The van der Waals surface area contributed by atoms with E-state index in [0.29, 0.717) is 56.2 Å². The monoisotopic (exact) mass is 1230 g/mol. The lowest BCUT2D eigenvalue weighted by molar-refractivity contribution is -0.152. The SMILES string of the molecule is C.C.C.CC(=O)CCCCC1CCCCC1.CCC(=O)C=NC1CCC1.CCC(=O)c1ccccc1.CCCCCC(C)=O.CCCCN(CCCC)CCN(Cc1ccccc1)C(C)=O.CCCCOC(=O)C(CCC)N(CCCN)C1CCCCC1. The van der Waals surface area contributed by atoms with Gasteiger partial charge in [0.05, 0.1) is 18.9 Å². The van der Waals surface area contributed by atoms with E-state index in [1.165, 1.54) is 147 Å². The maximum Gasteiger partial charge on any atom is 0.323 e. The molecule has 1 unspecified atom stereocenters. The van der Waals surface area contributed by atoms with Gasteiger partial charge in [-0.2, -0.15) is 0 Å². The van der Waals surface area contributed by atoms with Gasteiger partial charge in [-0.3, -0.25) is 29.1 Å². The van der Waals surface area contributed by atoms with Crippen molar-refractivity contribution in [3.63, 3.8) is 0 Å². The maximum absolute atomic E-state index is 12.6. The zero-order chi connectivity index (χ0) is 63.1. The number of esters is 1. The first-order valence-corrected chi connectivity index (χ1v) is 34.4. The van der Waals surface area contributed by atoms with Crippen LogP contribution in [0.4, 0.5) is 0 Å². The molecule has 2 N–H and O–H groups in total. The summed E-state index contributed by atoms with van der Waals surface area (Å²) >= 11 is 0. The summed E-state index contributed by atoms with van der Waals surface area (Å²) in [5.74, 6) is 2.16. The van der Waals surface area contributed by atoms with Gasteiger partial charge in [0.1, 0.15) is 17.6 Å². The summed E-state index contributed by atoms with van der Waals surface area (Å²) < 4.78 is 5.54. The fourth-order valence-corrected chi connectivity index (χ4v) is 10.4. The predicted octanol–water partition coefficient (Wildman–Crippen LogP) is 19.1. The number of amides is 1. The van der Waals surface area contributed by atoms with Gasteiger partial charge in [-0.25, -0.2) is 0 Å². The van der Waals surface area contributed by atoms with Crippen molar-refractivity contribution in [2.45, 2.75) is 322 Å². The highest BCUT2D eigenvalue weighted by Crippen LogP contribution is 2.29. The molecule has 2 aromatic carbocycles. The van der Waals surface area contributed by atoms with Crippen LogP contribution in [0.25, 0.3) is 0 Å². The van der Waals surface area contributed by atoms with Crippen LogP contribution in [0.5, 0.6) is 0 Å². The fraction of sp³-hybridized carbons (Fsp3) is 0.750. The molecular formula is C76H139N5O7. The van der Waals surface area contributed by atoms with E-state index in [1.807, 2.05) is 67.3 Å². The molecule has 0 aliphatic heterocycles. The molecule has 5 rings (SSSR count). The van der Waals surface area contributed by atoms with Gasteiger partial charge in [0.25, 0.3) is 0 Å². The average Bonchev–Trinajstić information content (AvgIpc) is 3.68. The van der Waals surface area contributed by atoms with Gasteiger partial charge in [-0.1, -0.05) is 234 Å². The molecule has 12 nitrogen and oxygen atoms in total. The van der Waals surface area contributed by atoms with Crippen molar-refractivity contribution in [1.29, 1.82) is 0 Å². The molecule has 3 fully saturated rings. The number of rotatable bonds is 36. The van der Waals surface area contributed by atoms with Crippen LogP contribution in [-0.4, -0.2) is 120 Å². The van der Waals surface area contributed by atoms with Crippen molar-refractivity contribution in [3.05, 3.63) is 71.8 Å². The molecule has 0 bridgehead atoms. The number of hydrogen-bond donors (Lipinski definition) is 1. The van der Waals surface area contributed by atoms with E-state index in [9.17, 15) is 28.8 Å². The van der Waals surface area contributed by atoms with Gasteiger partial charge in [0.2, 0.25) is 5.91 Å². The lowest BCUT2D eigenvalue weighted by Crippen LogP contribution is -2.49. The van der Waals surface area contributed by atoms with Crippen LogP contribution >= 0.6 is 0 Å². The number of benzene rings is 2. The molecule has 0 spiro atoms. The minimum atomic E-state index is -0.0727. The second kappa shape index (κ2) is 62.8. The third-order valence-electron chi connectivity index (χ3n) is 16.2. The van der Waals surface area contributed by atoms with Crippen LogP contribution in [0.1, 0.15) is 313 Å². The third-order valence-corrected chi connectivity index (χ3v) is 16.2. The number of ketones is 4. The van der Waals surface area contributed by atoms with Crippen LogP contribution in [-0.2, 0) is 35.3 Å². The number of carbonyl (C=O) groups excluding carboxylic acids is 6. The van der Waals surface area contributed by atoms with Crippen LogP contribution in [0.2, 0.25) is 0 Å². The molecule has 2 aromatic rings. The molecule has 1 amide bonds. The Hall–Kier alpha value is -4.39. The summed E-state index contributed by atoms with van der Waals surface area (Å²) in [6.07, 6.45) is 38.4. The van der Waals surface area contributed by atoms with Crippen LogP contribution < -0.4 is 5.73 Å². The molecule has 3 aliphatic carbocycles. The molecule has 88 heavy (non-hydrogen) atoms. The molecule has 510 valence electrons. The van der Waals surface area contributed by atoms with Crippen LogP contribution in [0.3, 0.4) is 0 Å². The van der Waals surface area contributed by atoms with Gasteiger partial charge in [0, 0.05) is 70.4 Å². The summed E-state index contributed by atoms with van der Waals surface area (Å²) in [5, 5.41) is 0. The summed E-state index contributed by atoms with van der Waals surface area (Å²) in [5.41, 5.74) is 7.72. The Balaban J connectivity index is -0.000000497. The Morgan fingerprint density at radius 1 is 0.568 bits per heavy atom. The first-order valence-electron chi connectivity index (χ1n) is 34.4. The molecule has 3 saturated carbocycles. The summed E-state index contributed by atoms with van der Waals surface area (Å²) in [6.45, 7) is 26.6. The Bertz CT molecular complexity index is 1960. The minimum absolute atomic E-state index is 0. The largest absolute Gasteiger partial charge is 0.465 e. The highest BCUT2D eigenvalue weighted by atomic mass is 16.5. The van der Waals surface area contributed by atoms with Gasteiger partial charge >= 0.3 is 5.97 Å². The van der Waals surface area contributed by atoms with Crippen molar-refractivity contribution in [2.75, 3.05) is 45.9 Å². The smallest absolute Gasteiger partial charge is 0.323 e. The minimum Gasteiger partial charge on any atom is -0.465 e. The molecular weight excluding hydrogens is 1090 g/mol. The molecule has 1 atom stereocenters. The standard InChI is InChI=1S/C19H32N2O.C18H36N2O2.C12H22O.C9H10O.C8H13NO.C7H14O.3CH4/c1-4-6-13-20(14-7-5-2)15-16-21(18(3)22)17-19-11-9-8-10-12-19;1-3-5-15-22-18(21)17(10-4-2)20(14-9-13-19)16-11-7-6-8-12-16;1-11(13)7-5-6-10-12-8-3-2-4-9-12;1-2-9(10)8-6-4-3-5-7-8;1-2-8(10)6-9-7-4-3-5-7;1-3-4-5-6-7(2)8;;;/h8-12H,4-7,13-17H2,1-3H3;16-17H,3-15,19H2,1-2H3;12H,2-10H2,1H3;3-7H,2H2,1H3;6-7H,2-5H2,1H3;3-6H2,1-2H3;3*1H4. The Morgan fingerprint density at radius 2 is 1.10 bits per heavy atom. The molecule has 3 aliphatic rings. The van der Waals surface area contributed by atoms with Crippen molar-refractivity contribution in [1.82, 2.24) is 14.7 Å². The zero-order valence-corrected chi connectivity index (χ0v) is 56.2. The van der Waals surface area contributed by atoms with Crippen molar-refractivity contribution in [2.24, 2.45) is 16.6 Å². The van der Waals surface area contributed by atoms with Crippen molar-refractivity contribution < 1.29 is 33.5 Å². The number of Topliss-reactive ketones (excluding diaryl/α,β-unsaturated/α-hetero) is 4. The molecule has 0 aromatic heterocycles. The highest BCUT2D eigenvalue weighted by molar-refractivity contribution is 6.27. The number of hydrogen-bond acceptors (Lipinski definition) is 11. The molecule has 0 radical (unpaired) electrons. The maximum atomic E-state index is 12.6. The molecule has 12 heteroatoms. The highest BCUT2D eigenvalue weighted by Gasteiger charge is 2.32.